The number of hydrogen-bond donors (Lipinski definition) is 2. The second-order valence-electron chi connectivity index (χ2n) is 7.14. The first-order valence-electron chi connectivity index (χ1n) is 8.61. The van der Waals surface area contributed by atoms with Crippen molar-refractivity contribution >= 4 is 11.9 Å². The lowest BCUT2D eigenvalue weighted by atomic mass is 9.72. The van der Waals surface area contributed by atoms with Crippen molar-refractivity contribution in [3.63, 3.8) is 0 Å². The van der Waals surface area contributed by atoms with E-state index in [1.807, 2.05) is 13.0 Å². The summed E-state index contributed by atoms with van der Waals surface area (Å²) in [6.45, 7) is 7.09. The molecule has 3 unspecified atom stereocenters. The summed E-state index contributed by atoms with van der Waals surface area (Å²) in [7, 11) is 1.47. The number of amides is 1. The third-order valence-electron chi connectivity index (χ3n) is 5.29. The van der Waals surface area contributed by atoms with Gasteiger partial charge >= 0.3 is 5.97 Å². The van der Waals surface area contributed by atoms with E-state index in [9.17, 15) is 19.8 Å². The van der Waals surface area contributed by atoms with Gasteiger partial charge in [-0.25, -0.2) is 0 Å². The number of benzene rings is 1. The smallest absolute Gasteiger partial charge is 0.303 e. The summed E-state index contributed by atoms with van der Waals surface area (Å²) in [6.07, 6.45) is -1.56. The lowest BCUT2D eigenvalue weighted by Crippen LogP contribution is -2.41. The van der Waals surface area contributed by atoms with E-state index in [0.29, 0.717) is 18.8 Å². The third kappa shape index (κ3) is 3.77. The molecule has 0 aliphatic carbocycles. The third-order valence-corrected chi connectivity index (χ3v) is 5.29. The fourth-order valence-corrected chi connectivity index (χ4v) is 3.57. The molecule has 2 N–H and O–H groups in total. The number of likely N-dealkylation sites (tertiary alicyclic amines) is 1. The fraction of sp³-hybridized carbons (Fsp3) is 0.579. The Morgan fingerprint density at radius 1 is 1.35 bits per heavy atom. The molecule has 4 atom stereocenters. The van der Waals surface area contributed by atoms with Crippen molar-refractivity contribution < 1.29 is 29.3 Å². The maximum Gasteiger partial charge on any atom is 0.303 e. The number of aliphatic hydroxyl groups is 1. The number of hydrogen-bond acceptors (Lipinski definition) is 6. The van der Waals surface area contributed by atoms with Crippen molar-refractivity contribution in [1.82, 2.24) is 4.90 Å². The van der Waals surface area contributed by atoms with Gasteiger partial charge in [-0.1, -0.05) is 13.0 Å². The number of rotatable bonds is 5. The van der Waals surface area contributed by atoms with Crippen LogP contribution in [0.3, 0.4) is 0 Å². The molecular formula is C19H27NO6. The van der Waals surface area contributed by atoms with Gasteiger partial charge in [-0.3, -0.25) is 9.59 Å². The van der Waals surface area contributed by atoms with E-state index in [-0.39, 0.29) is 17.6 Å². The first-order valence-corrected chi connectivity index (χ1v) is 8.61. The number of methoxy groups -OCH3 is 1. The minimum Gasteiger partial charge on any atom is -0.504 e. The molecule has 0 bridgehead atoms. The van der Waals surface area contributed by atoms with E-state index < -0.39 is 23.6 Å². The number of aliphatic hydroxyl groups excluding tert-OH is 1. The van der Waals surface area contributed by atoms with Crippen LogP contribution in [0.2, 0.25) is 0 Å². The molecule has 26 heavy (non-hydrogen) atoms. The highest BCUT2D eigenvalue weighted by molar-refractivity contribution is 5.83. The molecule has 1 heterocycles. The molecule has 1 amide bonds. The van der Waals surface area contributed by atoms with Gasteiger partial charge in [0.05, 0.1) is 13.2 Å². The number of phenols is 1. The van der Waals surface area contributed by atoms with Crippen LogP contribution in [-0.4, -0.2) is 59.4 Å². The molecule has 1 aliphatic heterocycles. The van der Waals surface area contributed by atoms with Crippen LogP contribution in [0, 0.1) is 5.41 Å². The van der Waals surface area contributed by atoms with Crippen LogP contribution in [0.5, 0.6) is 11.5 Å². The number of ether oxygens (including phenoxy) is 2. The molecule has 1 aromatic carbocycles. The summed E-state index contributed by atoms with van der Waals surface area (Å²) >= 11 is 0. The van der Waals surface area contributed by atoms with E-state index in [0.717, 1.165) is 5.56 Å². The van der Waals surface area contributed by atoms with Crippen molar-refractivity contribution in [3.05, 3.63) is 23.8 Å². The molecule has 1 fully saturated rings. The highest BCUT2D eigenvalue weighted by Gasteiger charge is 2.49. The molecule has 0 aromatic heterocycles. The van der Waals surface area contributed by atoms with E-state index in [2.05, 4.69) is 0 Å². The minimum atomic E-state index is -0.881. The molecular weight excluding hydrogens is 338 g/mol. The van der Waals surface area contributed by atoms with E-state index in [1.54, 1.807) is 24.0 Å². The van der Waals surface area contributed by atoms with E-state index in [4.69, 9.17) is 9.47 Å². The number of phenolic OH excluding ortho intramolecular Hbond substituents is 1. The monoisotopic (exact) mass is 365 g/mol. The first kappa shape index (κ1) is 20.0. The Hall–Kier alpha value is -2.28. The van der Waals surface area contributed by atoms with Gasteiger partial charge in [-0.2, -0.15) is 0 Å². The number of aromatic hydroxyl groups is 1. The Kier molecular flexibility index (Phi) is 5.81. The molecule has 0 radical (unpaired) electrons. The van der Waals surface area contributed by atoms with Gasteiger partial charge in [0.1, 0.15) is 0 Å². The molecule has 1 saturated heterocycles. The van der Waals surface area contributed by atoms with Crippen LogP contribution in [0.4, 0.5) is 0 Å². The normalized spacial score (nSPS) is 24.8. The SMILES string of the molecule is COc1ccc(C2CN(C(=O)[C@H](C)OC(C)=O)CC2(C)C(C)O)cc1O. The summed E-state index contributed by atoms with van der Waals surface area (Å²) in [4.78, 5) is 25.4. The topological polar surface area (TPSA) is 96.3 Å². The Balaban J connectivity index is 2.31. The Morgan fingerprint density at radius 3 is 2.50 bits per heavy atom. The number of carbonyl (C=O) groups is 2. The predicted molar refractivity (Wildman–Crippen MR) is 95.0 cm³/mol. The van der Waals surface area contributed by atoms with E-state index >= 15 is 0 Å². The number of carbonyl (C=O) groups excluding carboxylic acids is 2. The first-order chi connectivity index (χ1) is 12.1. The highest BCUT2D eigenvalue weighted by atomic mass is 16.5. The Labute approximate surface area is 153 Å². The van der Waals surface area contributed by atoms with Crippen LogP contribution < -0.4 is 4.74 Å². The van der Waals surface area contributed by atoms with Crippen molar-refractivity contribution in [2.45, 2.75) is 45.8 Å². The van der Waals surface area contributed by atoms with Crippen LogP contribution in [0.1, 0.15) is 39.2 Å². The average molecular weight is 365 g/mol. The predicted octanol–water partition coefficient (Wildman–Crippen LogP) is 1.67. The van der Waals surface area contributed by atoms with Gasteiger partial charge in [0.15, 0.2) is 17.6 Å². The fourth-order valence-electron chi connectivity index (χ4n) is 3.57. The lowest BCUT2D eigenvalue weighted by Gasteiger charge is -2.33. The van der Waals surface area contributed by atoms with Crippen LogP contribution >= 0.6 is 0 Å². The summed E-state index contributed by atoms with van der Waals surface area (Å²) in [5, 5.41) is 20.5. The van der Waals surface area contributed by atoms with Gasteiger partial charge in [0.25, 0.3) is 5.91 Å². The molecule has 1 aliphatic rings. The molecule has 0 saturated carbocycles. The standard InChI is InChI=1S/C19H27NO6/c1-11(26-13(3)22)18(24)20-9-15(19(4,10-20)12(2)21)14-6-7-17(25-5)16(23)8-14/h6-8,11-12,15,21,23H,9-10H2,1-5H3/t11-,12?,15?,19?/m0/s1. The lowest BCUT2D eigenvalue weighted by molar-refractivity contribution is -0.157. The van der Waals surface area contributed by atoms with Crippen molar-refractivity contribution in [2.24, 2.45) is 5.41 Å². The maximum absolute atomic E-state index is 12.6. The molecule has 7 nitrogen and oxygen atoms in total. The number of esters is 1. The minimum absolute atomic E-state index is 0.0102. The summed E-state index contributed by atoms with van der Waals surface area (Å²) in [5.41, 5.74) is 0.203. The van der Waals surface area contributed by atoms with Crippen LogP contribution in [0.15, 0.2) is 18.2 Å². The number of nitrogens with zero attached hydrogens (tertiary/aromatic N) is 1. The molecule has 1 aromatic rings. The Bertz CT molecular complexity index is 689. The summed E-state index contributed by atoms with van der Waals surface area (Å²) in [6, 6.07) is 5.10. The van der Waals surface area contributed by atoms with Gasteiger partial charge in [-0.15, -0.1) is 0 Å². The average Bonchev–Trinajstić information content (AvgIpc) is 2.92. The summed E-state index contributed by atoms with van der Waals surface area (Å²) < 4.78 is 10.1. The molecule has 7 heteroatoms. The molecule has 2 rings (SSSR count). The van der Waals surface area contributed by atoms with Crippen LogP contribution in [0.25, 0.3) is 0 Å². The van der Waals surface area contributed by atoms with E-state index in [1.165, 1.54) is 21.0 Å². The zero-order valence-electron chi connectivity index (χ0n) is 15.9. The van der Waals surface area contributed by atoms with Crippen molar-refractivity contribution in [3.8, 4) is 11.5 Å². The Morgan fingerprint density at radius 2 is 2.00 bits per heavy atom. The quantitative estimate of drug-likeness (QED) is 0.771. The molecule has 144 valence electrons. The van der Waals surface area contributed by atoms with Crippen LogP contribution in [-0.2, 0) is 14.3 Å². The zero-order chi connectivity index (χ0) is 19.6. The van der Waals surface area contributed by atoms with Crippen molar-refractivity contribution in [2.75, 3.05) is 20.2 Å². The van der Waals surface area contributed by atoms with Gasteiger partial charge < -0.3 is 24.6 Å². The second kappa shape index (κ2) is 7.53. The summed E-state index contributed by atoms with van der Waals surface area (Å²) in [5.74, 6) is -0.627. The largest absolute Gasteiger partial charge is 0.504 e. The second-order valence-corrected chi connectivity index (χ2v) is 7.14. The van der Waals surface area contributed by atoms with Gasteiger partial charge in [0.2, 0.25) is 0 Å². The molecule has 0 spiro atoms. The van der Waals surface area contributed by atoms with Crippen molar-refractivity contribution in [1.29, 1.82) is 0 Å². The van der Waals surface area contributed by atoms with Gasteiger partial charge in [-0.05, 0) is 31.5 Å². The van der Waals surface area contributed by atoms with Gasteiger partial charge in [0, 0.05) is 31.3 Å². The highest BCUT2D eigenvalue weighted by Crippen LogP contribution is 2.46. The zero-order valence-corrected chi connectivity index (χ0v) is 15.9. The maximum atomic E-state index is 12.6.